The number of quaternary nitrogens is 1. The van der Waals surface area contributed by atoms with E-state index in [4.69, 9.17) is 0 Å². The lowest BCUT2D eigenvalue weighted by Gasteiger charge is -2.44. The van der Waals surface area contributed by atoms with E-state index in [9.17, 15) is 29.7 Å². The standard InChI is InChI=1S/C23H41NO6/c1-5-9-10-11-12-13-14-24(15-18(6-2)21(25)26,16-19(7-3)22(27)28)17-20(8-4)23(29)30/h9-10,18-20H,5-8,11-17H2,1-4H3,(H2-,25,26,27,28,29,30)/b10-9+. The summed E-state index contributed by atoms with van der Waals surface area (Å²) < 4.78 is 0.194. The Labute approximate surface area is 181 Å². The molecule has 0 aliphatic heterocycles. The van der Waals surface area contributed by atoms with Crippen molar-refractivity contribution in [2.75, 3.05) is 26.2 Å². The summed E-state index contributed by atoms with van der Waals surface area (Å²) in [5.74, 6) is -5.02. The number of aliphatic carboxylic acids is 3. The zero-order valence-electron chi connectivity index (χ0n) is 19.1. The van der Waals surface area contributed by atoms with Crippen molar-refractivity contribution in [3.63, 3.8) is 0 Å². The fourth-order valence-corrected chi connectivity index (χ4v) is 4.03. The number of carbonyl (C=O) groups is 3. The van der Waals surface area contributed by atoms with E-state index >= 15 is 0 Å². The summed E-state index contributed by atoms with van der Waals surface area (Å²) in [6.45, 7) is 8.69. The molecule has 7 nitrogen and oxygen atoms in total. The lowest BCUT2D eigenvalue weighted by atomic mass is 9.95. The molecule has 2 N–H and O–H groups in total. The highest BCUT2D eigenvalue weighted by atomic mass is 16.4. The SMILES string of the molecule is CC/C=C/CCCC[N+](CC(CC)C(=O)[O-])(CC(CC)C(=O)O)CC(CC)C(=O)O. The Morgan fingerprint density at radius 3 is 1.63 bits per heavy atom. The van der Waals surface area contributed by atoms with E-state index in [1.54, 1.807) is 20.8 Å². The molecule has 0 saturated heterocycles. The summed E-state index contributed by atoms with van der Waals surface area (Å²) in [5.41, 5.74) is 0. The van der Waals surface area contributed by atoms with Crippen LogP contribution in [-0.4, -0.2) is 58.8 Å². The first-order valence-electron chi connectivity index (χ1n) is 11.3. The molecule has 0 saturated carbocycles. The molecule has 7 heteroatoms. The Hall–Kier alpha value is -1.89. The number of allylic oxidation sites excluding steroid dienone is 2. The molecule has 0 fully saturated rings. The minimum atomic E-state index is -1.15. The largest absolute Gasteiger partial charge is 0.550 e. The number of rotatable bonds is 18. The molecule has 3 unspecified atom stereocenters. The predicted octanol–water partition coefficient (Wildman–Crippen LogP) is 2.94. The van der Waals surface area contributed by atoms with Crippen molar-refractivity contribution >= 4 is 17.9 Å². The molecule has 0 aliphatic carbocycles. The summed E-state index contributed by atoms with van der Waals surface area (Å²) in [6.07, 6.45) is 8.96. The number of carboxylic acid groups (broad SMARTS) is 3. The molecule has 0 rings (SSSR count). The fraction of sp³-hybridized carbons (Fsp3) is 0.783. The molecular weight excluding hydrogens is 386 g/mol. The molecule has 0 bridgehead atoms. The van der Waals surface area contributed by atoms with Crippen molar-refractivity contribution in [2.45, 2.75) is 72.6 Å². The zero-order valence-corrected chi connectivity index (χ0v) is 19.1. The van der Waals surface area contributed by atoms with Crippen LogP contribution in [0.5, 0.6) is 0 Å². The van der Waals surface area contributed by atoms with Crippen molar-refractivity contribution in [3.8, 4) is 0 Å². The van der Waals surface area contributed by atoms with Crippen LogP contribution in [-0.2, 0) is 14.4 Å². The van der Waals surface area contributed by atoms with Crippen LogP contribution in [0.1, 0.15) is 72.6 Å². The van der Waals surface area contributed by atoms with Crippen molar-refractivity contribution in [1.82, 2.24) is 0 Å². The molecule has 0 spiro atoms. The van der Waals surface area contributed by atoms with Crippen molar-refractivity contribution in [3.05, 3.63) is 12.2 Å². The molecule has 0 radical (unpaired) electrons. The zero-order chi connectivity index (χ0) is 23.2. The van der Waals surface area contributed by atoms with Gasteiger partial charge in [-0.25, -0.2) is 0 Å². The Morgan fingerprint density at radius 2 is 1.27 bits per heavy atom. The van der Waals surface area contributed by atoms with Crippen LogP contribution in [0, 0.1) is 17.8 Å². The maximum Gasteiger partial charge on any atom is 0.312 e. The molecule has 0 aromatic carbocycles. The molecule has 0 amide bonds. The van der Waals surface area contributed by atoms with E-state index in [2.05, 4.69) is 19.1 Å². The average Bonchev–Trinajstić information content (AvgIpc) is 2.70. The third-order valence-electron chi connectivity index (χ3n) is 5.99. The van der Waals surface area contributed by atoms with Crippen LogP contribution in [0.3, 0.4) is 0 Å². The molecule has 0 aromatic heterocycles. The smallest absolute Gasteiger partial charge is 0.312 e. The number of carbonyl (C=O) groups excluding carboxylic acids is 1. The average molecular weight is 428 g/mol. The predicted molar refractivity (Wildman–Crippen MR) is 115 cm³/mol. The van der Waals surface area contributed by atoms with Gasteiger partial charge in [0.2, 0.25) is 0 Å². The first-order chi connectivity index (χ1) is 14.2. The number of nitrogens with zero attached hydrogens (tertiary/aromatic N) is 1. The summed E-state index contributed by atoms with van der Waals surface area (Å²) in [4.78, 5) is 35.2. The summed E-state index contributed by atoms with van der Waals surface area (Å²) in [7, 11) is 0. The van der Waals surface area contributed by atoms with Gasteiger partial charge in [-0.2, -0.15) is 0 Å². The quantitative estimate of drug-likeness (QED) is 0.197. The minimum Gasteiger partial charge on any atom is -0.550 e. The summed E-state index contributed by atoms with van der Waals surface area (Å²) in [5, 5.41) is 31.0. The van der Waals surface area contributed by atoms with Crippen molar-refractivity contribution < 1.29 is 34.2 Å². The van der Waals surface area contributed by atoms with Gasteiger partial charge in [0.1, 0.15) is 11.8 Å². The monoisotopic (exact) mass is 427 g/mol. The van der Waals surface area contributed by atoms with Gasteiger partial charge in [-0.15, -0.1) is 0 Å². The molecule has 0 aliphatic rings. The van der Waals surface area contributed by atoms with Gasteiger partial charge in [-0.05, 0) is 44.9 Å². The number of hydrogen-bond donors (Lipinski definition) is 2. The fourth-order valence-electron chi connectivity index (χ4n) is 4.03. The molecule has 0 heterocycles. The first-order valence-corrected chi connectivity index (χ1v) is 11.3. The van der Waals surface area contributed by atoms with Gasteiger partial charge in [0.15, 0.2) is 0 Å². The number of carboxylic acids is 3. The maximum absolute atomic E-state index is 11.8. The molecule has 30 heavy (non-hydrogen) atoms. The lowest BCUT2D eigenvalue weighted by Crippen LogP contribution is -2.59. The van der Waals surface area contributed by atoms with Gasteiger partial charge in [-0.3, -0.25) is 9.59 Å². The first kappa shape index (κ1) is 28.1. The maximum atomic E-state index is 11.8. The van der Waals surface area contributed by atoms with E-state index in [0.29, 0.717) is 25.8 Å². The van der Waals surface area contributed by atoms with E-state index < -0.39 is 35.7 Å². The summed E-state index contributed by atoms with van der Waals surface area (Å²) >= 11 is 0. The second kappa shape index (κ2) is 15.0. The van der Waals surface area contributed by atoms with Crippen LogP contribution in [0.4, 0.5) is 0 Å². The van der Waals surface area contributed by atoms with Crippen LogP contribution in [0.15, 0.2) is 12.2 Å². The molecular formula is C23H41NO6. The Morgan fingerprint density at radius 1 is 0.800 bits per heavy atom. The topological polar surface area (TPSA) is 115 Å². The third-order valence-corrected chi connectivity index (χ3v) is 5.99. The molecule has 3 atom stereocenters. The van der Waals surface area contributed by atoms with Gasteiger partial charge < -0.3 is 24.6 Å². The van der Waals surface area contributed by atoms with E-state index in [1.807, 2.05) is 0 Å². The van der Waals surface area contributed by atoms with Crippen LogP contribution < -0.4 is 5.11 Å². The van der Waals surface area contributed by atoms with Crippen LogP contribution in [0.25, 0.3) is 0 Å². The Bertz CT molecular complexity index is 500. The second-order valence-electron chi connectivity index (χ2n) is 8.30. The van der Waals surface area contributed by atoms with Crippen LogP contribution in [0.2, 0.25) is 0 Å². The molecule has 0 aromatic rings. The highest BCUT2D eigenvalue weighted by Crippen LogP contribution is 2.24. The lowest BCUT2D eigenvalue weighted by molar-refractivity contribution is -0.935. The number of hydrogen-bond acceptors (Lipinski definition) is 4. The highest BCUT2D eigenvalue weighted by Gasteiger charge is 2.39. The van der Waals surface area contributed by atoms with Gasteiger partial charge >= 0.3 is 11.9 Å². The summed E-state index contributed by atoms with van der Waals surface area (Å²) in [6, 6.07) is 0. The Kier molecular flexibility index (Phi) is 14.0. The minimum absolute atomic E-state index is 0.194. The van der Waals surface area contributed by atoms with Crippen molar-refractivity contribution in [2.24, 2.45) is 17.8 Å². The third kappa shape index (κ3) is 10.2. The van der Waals surface area contributed by atoms with Gasteiger partial charge in [0.25, 0.3) is 0 Å². The van der Waals surface area contributed by atoms with Crippen LogP contribution >= 0.6 is 0 Å². The van der Waals surface area contributed by atoms with Crippen molar-refractivity contribution in [1.29, 1.82) is 0 Å². The van der Waals surface area contributed by atoms with Gasteiger partial charge in [0.05, 0.1) is 32.1 Å². The van der Waals surface area contributed by atoms with Gasteiger partial charge in [-0.1, -0.05) is 39.8 Å². The van der Waals surface area contributed by atoms with E-state index in [0.717, 1.165) is 25.7 Å². The van der Waals surface area contributed by atoms with E-state index in [1.165, 1.54) is 0 Å². The highest BCUT2D eigenvalue weighted by molar-refractivity contribution is 5.70. The second-order valence-corrected chi connectivity index (χ2v) is 8.30. The van der Waals surface area contributed by atoms with Gasteiger partial charge in [0, 0.05) is 5.92 Å². The normalized spacial score (nSPS) is 16.7. The Balaban J connectivity index is 5.87. The van der Waals surface area contributed by atoms with E-state index in [-0.39, 0.29) is 24.1 Å². The molecule has 174 valence electrons. The number of unbranched alkanes of at least 4 members (excludes halogenated alkanes) is 2.